The highest BCUT2D eigenvalue weighted by Gasteiger charge is 2.37. The molecule has 2 rings (SSSR count). The van der Waals surface area contributed by atoms with Gasteiger partial charge in [0.05, 0.1) is 0 Å². The summed E-state index contributed by atoms with van der Waals surface area (Å²) in [7, 11) is 0. The van der Waals surface area contributed by atoms with Gasteiger partial charge >= 0.3 is 0 Å². The van der Waals surface area contributed by atoms with Crippen molar-refractivity contribution in [1.29, 1.82) is 0 Å². The van der Waals surface area contributed by atoms with Crippen LogP contribution in [-0.4, -0.2) is 12.1 Å². The molecule has 0 spiro atoms. The topological polar surface area (TPSA) is 52.0 Å². The Hall–Kier alpha value is -0.0800. The summed E-state index contributed by atoms with van der Waals surface area (Å²) in [5, 5.41) is 0. The predicted molar refractivity (Wildman–Crippen MR) is 96.6 cm³/mol. The van der Waals surface area contributed by atoms with Crippen LogP contribution in [0.5, 0.6) is 0 Å². The zero-order valence-electron chi connectivity index (χ0n) is 15.3. The molecule has 2 saturated carbocycles. The first-order valence-corrected chi connectivity index (χ1v) is 10.0. The van der Waals surface area contributed by atoms with Gasteiger partial charge in [-0.15, -0.1) is 0 Å². The zero-order valence-corrected chi connectivity index (χ0v) is 15.3. The summed E-state index contributed by atoms with van der Waals surface area (Å²) >= 11 is 0. The highest BCUT2D eigenvalue weighted by atomic mass is 14.7. The summed E-state index contributed by atoms with van der Waals surface area (Å²) in [5.74, 6) is 4.24. The minimum absolute atomic E-state index is 0.450. The fourth-order valence-corrected chi connectivity index (χ4v) is 5.19. The molecule has 0 radical (unpaired) electrons. The van der Waals surface area contributed by atoms with E-state index in [0.29, 0.717) is 12.1 Å². The van der Waals surface area contributed by atoms with Gasteiger partial charge in [0, 0.05) is 12.1 Å². The molecule has 0 aromatic heterocycles. The molecule has 0 amide bonds. The molecule has 0 aromatic rings. The van der Waals surface area contributed by atoms with Gasteiger partial charge in [0.15, 0.2) is 0 Å². The van der Waals surface area contributed by atoms with E-state index in [-0.39, 0.29) is 0 Å². The lowest BCUT2D eigenvalue weighted by Gasteiger charge is -2.43. The molecule has 0 bridgehead atoms. The van der Waals surface area contributed by atoms with Crippen molar-refractivity contribution in [3.63, 3.8) is 0 Å². The molecule has 6 atom stereocenters. The minimum Gasteiger partial charge on any atom is -0.327 e. The van der Waals surface area contributed by atoms with Gasteiger partial charge in [-0.05, 0) is 74.5 Å². The lowest BCUT2D eigenvalue weighted by molar-refractivity contribution is 0.0869. The molecule has 0 heterocycles. The first-order valence-electron chi connectivity index (χ1n) is 10.0. The van der Waals surface area contributed by atoms with Crippen LogP contribution in [-0.2, 0) is 0 Å². The summed E-state index contributed by atoms with van der Waals surface area (Å²) in [5.41, 5.74) is 12.5. The van der Waals surface area contributed by atoms with Crippen LogP contribution in [0.25, 0.3) is 0 Å². The van der Waals surface area contributed by atoms with Crippen molar-refractivity contribution >= 4 is 0 Å². The molecule has 2 heteroatoms. The van der Waals surface area contributed by atoms with Gasteiger partial charge in [0.2, 0.25) is 0 Å². The molecule has 0 saturated heterocycles. The highest BCUT2D eigenvalue weighted by Crippen LogP contribution is 2.44. The lowest BCUT2D eigenvalue weighted by Crippen LogP contribution is -2.41. The highest BCUT2D eigenvalue weighted by molar-refractivity contribution is 4.90. The predicted octanol–water partition coefficient (Wildman–Crippen LogP) is 4.71. The van der Waals surface area contributed by atoms with E-state index in [2.05, 4.69) is 20.8 Å². The van der Waals surface area contributed by atoms with Gasteiger partial charge < -0.3 is 11.5 Å². The lowest BCUT2D eigenvalue weighted by atomic mass is 9.63. The molecule has 22 heavy (non-hydrogen) atoms. The van der Waals surface area contributed by atoms with Gasteiger partial charge in [-0.2, -0.15) is 0 Å². The van der Waals surface area contributed by atoms with Crippen molar-refractivity contribution in [3.8, 4) is 0 Å². The Morgan fingerprint density at radius 3 is 1.73 bits per heavy atom. The average Bonchev–Trinajstić information content (AvgIpc) is 2.50. The van der Waals surface area contributed by atoms with Gasteiger partial charge in [-0.25, -0.2) is 0 Å². The number of hydrogen-bond donors (Lipinski definition) is 2. The zero-order chi connectivity index (χ0) is 16.1. The summed E-state index contributed by atoms with van der Waals surface area (Å²) in [6.07, 6.45) is 13.6. The van der Waals surface area contributed by atoms with Crippen molar-refractivity contribution in [3.05, 3.63) is 0 Å². The summed E-state index contributed by atoms with van der Waals surface area (Å²) in [6.45, 7) is 7.07. The van der Waals surface area contributed by atoms with E-state index >= 15 is 0 Å². The van der Waals surface area contributed by atoms with Crippen molar-refractivity contribution in [2.45, 2.75) is 97.1 Å². The smallest absolute Gasteiger partial charge is 0.00647 e. The molecule has 2 aliphatic carbocycles. The molecule has 130 valence electrons. The molecule has 6 unspecified atom stereocenters. The fourth-order valence-electron chi connectivity index (χ4n) is 5.19. The third-order valence-electron chi connectivity index (χ3n) is 6.90. The van der Waals surface area contributed by atoms with Crippen LogP contribution in [0, 0.1) is 29.6 Å². The van der Waals surface area contributed by atoms with E-state index in [0.717, 1.165) is 29.6 Å². The second-order valence-electron chi connectivity index (χ2n) is 8.59. The Balaban J connectivity index is 1.99. The molecular weight excluding hydrogens is 268 g/mol. The summed E-state index contributed by atoms with van der Waals surface area (Å²) < 4.78 is 0. The monoisotopic (exact) mass is 308 g/mol. The number of rotatable bonds is 6. The maximum Gasteiger partial charge on any atom is 0.00647 e. The third kappa shape index (κ3) is 4.71. The first kappa shape index (κ1) is 18.3. The van der Waals surface area contributed by atoms with Crippen molar-refractivity contribution in [2.24, 2.45) is 41.1 Å². The Morgan fingerprint density at radius 1 is 0.818 bits per heavy atom. The largest absolute Gasteiger partial charge is 0.327 e. The fraction of sp³-hybridized carbons (Fsp3) is 1.00. The number of nitrogens with two attached hydrogens (primary N) is 2. The van der Waals surface area contributed by atoms with E-state index in [4.69, 9.17) is 11.5 Å². The van der Waals surface area contributed by atoms with E-state index in [1.165, 1.54) is 64.2 Å². The van der Waals surface area contributed by atoms with E-state index < -0.39 is 0 Å². The Bertz CT molecular complexity index is 291. The normalized spacial score (nSPS) is 41.3. The van der Waals surface area contributed by atoms with Crippen LogP contribution >= 0.6 is 0 Å². The summed E-state index contributed by atoms with van der Waals surface area (Å²) in [4.78, 5) is 0. The molecule has 2 fully saturated rings. The van der Waals surface area contributed by atoms with Crippen molar-refractivity contribution < 1.29 is 0 Å². The van der Waals surface area contributed by atoms with Gasteiger partial charge in [0.1, 0.15) is 0 Å². The third-order valence-corrected chi connectivity index (χ3v) is 6.90. The second kappa shape index (κ2) is 8.68. The van der Waals surface area contributed by atoms with Crippen LogP contribution in [0.15, 0.2) is 0 Å². The van der Waals surface area contributed by atoms with Gasteiger partial charge in [0.25, 0.3) is 0 Å². The van der Waals surface area contributed by atoms with E-state index in [1.54, 1.807) is 0 Å². The maximum absolute atomic E-state index is 6.26. The minimum atomic E-state index is 0.450. The molecule has 2 aliphatic rings. The summed E-state index contributed by atoms with van der Waals surface area (Å²) in [6, 6.07) is 0.900. The van der Waals surface area contributed by atoms with Gasteiger partial charge in [-0.3, -0.25) is 0 Å². The van der Waals surface area contributed by atoms with Crippen LogP contribution in [0.4, 0.5) is 0 Å². The van der Waals surface area contributed by atoms with Crippen LogP contribution in [0.2, 0.25) is 0 Å². The van der Waals surface area contributed by atoms with E-state index in [1.807, 2.05) is 0 Å². The molecule has 2 nitrogen and oxygen atoms in total. The standard InChI is InChI=1S/C20H40N2/c1-4-5-6-7-18(16-8-10-19(21)14(2)12-16)17-9-11-20(22)15(3)13-17/h14-20H,4-13,21-22H2,1-3H3. The SMILES string of the molecule is CCCCCC(C1CCC(N)C(C)C1)C1CCC(N)C(C)C1. The van der Waals surface area contributed by atoms with Crippen LogP contribution in [0.1, 0.15) is 85.0 Å². The quantitative estimate of drug-likeness (QED) is 0.698. The average molecular weight is 309 g/mol. The van der Waals surface area contributed by atoms with Crippen LogP contribution in [0.3, 0.4) is 0 Å². The van der Waals surface area contributed by atoms with Crippen molar-refractivity contribution in [1.82, 2.24) is 0 Å². The van der Waals surface area contributed by atoms with Gasteiger partial charge in [-0.1, -0.05) is 40.0 Å². The van der Waals surface area contributed by atoms with Crippen LogP contribution < -0.4 is 11.5 Å². The Labute approximate surface area is 138 Å². The first-order chi connectivity index (χ1) is 10.5. The molecule has 4 N–H and O–H groups in total. The molecule has 0 aromatic carbocycles. The Kier molecular flexibility index (Phi) is 7.21. The second-order valence-corrected chi connectivity index (χ2v) is 8.59. The van der Waals surface area contributed by atoms with E-state index in [9.17, 15) is 0 Å². The Morgan fingerprint density at radius 2 is 1.32 bits per heavy atom. The number of unbranched alkanes of at least 4 members (excludes halogenated alkanes) is 2. The molecular formula is C20H40N2. The number of hydrogen-bond acceptors (Lipinski definition) is 2. The maximum atomic E-state index is 6.26. The molecule has 0 aliphatic heterocycles. The van der Waals surface area contributed by atoms with Crippen molar-refractivity contribution in [2.75, 3.05) is 0 Å².